The van der Waals surface area contributed by atoms with Gasteiger partial charge >= 0.3 is 10.2 Å². The summed E-state index contributed by atoms with van der Waals surface area (Å²) in [4.78, 5) is 0. The average molecular weight is 358 g/mol. The van der Waals surface area contributed by atoms with Crippen molar-refractivity contribution >= 4 is 31.8 Å². The molecular formula is C13H16BrN3O2S. The maximum absolute atomic E-state index is 12.4. The van der Waals surface area contributed by atoms with E-state index in [1.165, 1.54) is 4.31 Å². The van der Waals surface area contributed by atoms with Gasteiger partial charge in [0.2, 0.25) is 0 Å². The van der Waals surface area contributed by atoms with Crippen LogP contribution in [0.15, 0.2) is 22.7 Å². The largest absolute Gasteiger partial charge is 0.301 e. The predicted octanol–water partition coefficient (Wildman–Crippen LogP) is 2.85. The fraction of sp³-hybridized carbons (Fsp3) is 0.462. The van der Waals surface area contributed by atoms with Gasteiger partial charge in [0.25, 0.3) is 0 Å². The molecule has 1 aliphatic heterocycles. The fourth-order valence-corrected chi connectivity index (χ4v) is 4.42. The quantitative estimate of drug-likeness (QED) is 0.903. The number of halogens is 1. The molecule has 1 saturated heterocycles. The highest BCUT2D eigenvalue weighted by Crippen LogP contribution is 2.27. The van der Waals surface area contributed by atoms with Crippen LogP contribution < -0.4 is 4.72 Å². The lowest BCUT2D eigenvalue weighted by Gasteiger charge is -2.32. The molecule has 0 bridgehead atoms. The first kappa shape index (κ1) is 15.3. The summed E-state index contributed by atoms with van der Waals surface area (Å²) < 4.78 is 29.4. The summed E-state index contributed by atoms with van der Waals surface area (Å²) in [6.45, 7) is 2.47. The minimum Gasteiger partial charge on any atom is -0.270 e. The monoisotopic (exact) mass is 357 g/mol. The molecule has 0 saturated carbocycles. The standard InChI is InChI=1S/C13H16BrN3O2S/c1-10-4-2-3-7-17(10)20(18,19)16-13-6-5-11(9-15)8-12(13)14/h5-6,8,10,16H,2-4,7H2,1H3. The number of nitrogens with one attached hydrogen (secondary N) is 1. The van der Waals surface area contributed by atoms with Crippen LogP contribution in [0.5, 0.6) is 0 Å². The van der Waals surface area contributed by atoms with E-state index < -0.39 is 10.2 Å². The zero-order valence-electron chi connectivity index (χ0n) is 11.1. The molecule has 0 aromatic heterocycles. The molecule has 108 valence electrons. The third-order valence-corrected chi connectivity index (χ3v) is 5.68. The number of anilines is 1. The molecule has 0 radical (unpaired) electrons. The number of hydrogen-bond acceptors (Lipinski definition) is 3. The van der Waals surface area contributed by atoms with Gasteiger partial charge in [-0.25, -0.2) is 0 Å². The Balaban J connectivity index is 2.22. The Bertz CT molecular complexity index is 640. The van der Waals surface area contributed by atoms with Gasteiger partial charge in [-0.1, -0.05) is 6.42 Å². The Kier molecular flexibility index (Phi) is 4.68. The van der Waals surface area contributed by atoms with Crippen molar-refractivity contribution in [3.63, 3.8) is 0 Å². The number of nitrogens with zero attached hydrogens (tertiary/aromatic N) is 2. The molecule has 1 aromatic rings. The van der Waals surface area contributed by atoms with Gasteiger partial charge in [0, 0.05) is 17.1 Å². The van der Waals surface area contributed by atoms with E-state index in [2.05, 4.69) is 20.7 Å². The zero-order valence-corrected chi connectivity index (χ0v) is 13.5. The van der Waals surface area contributed by atoms with Gasteiger partial charge in [0.1, 0.15) is 0 Å². The lowest BCUT2D eigenvalue weighted by Crippen LogP contribution is -2.44. The van der Waals surface area contributed by atoms with E-state index in [9.17, 15) is 8.42 Å². The summed E-state index contributed by atoms with van der Waals surface area (Å²) in [6, 6.07) is 6.80. The normalized spacial score (nSPS) is 20.4. The molecule has 1 unspecified atom stereocenters. The smallest absolute Gasteiger partial charge is 0.270 e. The average Bonchev–Trinajstić information content (AvgIpc) is 2.41. The van der Waals surface area contributed by atoms with Crippen molar-refractivity contribution in [2.75, 3.05) is 11.3 Å². The van der Waals surface area contributed by atoms with Crippen LogP contribution in [0.4, 0.5) is 5.69 Å². The molecule has 5 nitrogen and oxygen atoms in total. The van der Waals surface area contributed by atoms with Crippen LogP contribution in [-0.4, -0.2) is 25.3 Å². The first-order chi connectivity index (χ1) is 9.44. The third kappa shape index (κ3) is 3.32. The van der Waals surface area contributed by atoms with E-state index >= 15 is 0 Å². The van der Waals surface area contributed by atoms with Crippen LogP contribution in [0.2, 0.25) is 0 Å². The number of nitriles is 1. The minimum atomic E-state index is -3.56. The first-order valence-electron chi connectivity index (χ1n) is 6.43. The molecule has 0 aliphatic carbocycles. The van der Waals surface area contributed by atoms with Gasteiger partial charge in [-0.2, -0.15) is 18.0 Å². The van der Waals surface area contributed by atoms with Crippen LogP contribution in [0, 0.1) is 11.3 Å². The third-order valence-electron chi connectivity index (χ3n) is 3.39. The molecule has 0 spiro atoms. The summed E-state index contributed by atoms with van der Waals surface area (Å²) in [7, 11) is -3.56. The predicted molar refractivity (Wildman–Crippen MR) is 81.4 cm³/mol. The van der Waals surface area contributed by atoms with Crippen LogP contribution >= 0.6 is 15.9 Å². The Morgan fingerprint density at radius 1 is 1.45 bits per heavy atom. The topological polar surface area (TPSA) is 73.2 Å². The highest BCUT2D eigenvalue weighted by atomic mass is 79.9. The van der Waals surface area contributed by atoms with Gasteiger partial charge in [0.05, 0.1) is 17.3 Å². The maximum Gasteiger partial charge on any atom is 0.301 e. The summed E-state index contributed by atoms with van der Waals surface area (Å²) in [5.74, 6) is 0. The maximum atomic E-state index is 12.4. The van der Waals surface area contributed by atoms with E-state index in [1.807, 2.05) is 13.0 Å². The molecule has 7 heteroatoms. The Hall–Kier alpha value is -1.10. The van der Waals surface area contributed by atoms with Gasteiger partial charge in [0.15, 0.2) is 0 Å². The van der Waals surface area contributed by atoms with Crippen LogP contribution in [0.1, 0.15) is 31.7 Å². The molecule has 0 amide bonds. The SMILES string of the molecule is CC1CCCCN1S(=O)(=O)Nc1ccc(C#N)cc1Br. The first-order valence-corrected chi connectivity index (χ1v) is 8.66. The highest BCUT2D eigenvalue weighted by molar-refractivity contribution is 9.10. The van der Waals surface area contributed by atoms with Gasteiger partial charge in [-0.05, 0) is 53.9 Å². The summed E-state index contributed by atoms with van der Waals surface area (Å²) in [5.41, 5.74) is 0.924. The van der Waals surface area contributed by atoms with Crippen LogP contribution in [-0.2, 0) is 10.2 Å². The van der Waals surface area contributed by atoms with E-state index in [0.29, 0.717) is 22.3 Å². The minimum absolute atomic E-state index is 0.0124. The Labute approximate surface area is 127 Å². The second kappa shape index (κ2) is 6.12. The summed E-state index contributed by atoms with van der Waals surface area (Å²) >= 11 is 3.28. The molecule has 1 fully saturated rings. The van der Waals surface area contributed by atoms with Gasteiger partial charge in [-0.15, -0.1) is 0 Å². The molecule has 1 atom stereocenters. The van der Waals surface area contributed by atoms with Crippen molar-refractivity contribution in [2.24, 2.45) is 0 Å². The number of hydrogen-bond donors (Lipinski definition) is 1. The zero-order chi connectivity index (χ0) is 14.8. The number of benzene rings is 1. The lowest BCUT2D eigenvalue weighted by atomic mass is 10.1. The van der Waals surface area contributed by atoms with Crippen LogP contribution in [0.3, 0.4) is 0 Å². The fourth-order valence-electron chi connectivity index (χ4n) is 2.29. The van der Waals surface area contributed by atoms with Crippen molar-refractivity contribution in [3.8, 4) is 6.07 Å². The van der Waals surface area contributed by atoms with Crippen molar-refractivity contribution in [1.29, 1.82) is 5.26 Å². The van der Waals surface area contributed by atoms with Crippen molar-refractivity contribution in [1.82, 2.24) is 4.31 Å². The van der Waals surface area contributed by atoms with Crippen molar-refractivity contribution in [3.05, 3.63) is 28.2 Å². The lowest BCUT2D eigenvalue weighted by molar-refractivity contribution is 0.270. The summed E-state index contributed by atoms with van der Waals surface area (Å²) in [5, 5.41) is 8.81. The highest BCUT2D eigenvalue weighted by Gasteiger charge is 2.29. The van der Waals surface area contributed by atoms with E-state index in [4.69, 9.17) is 5.26 Å². The number of rotatable bonds is 3. The molecule has 1 aromatic carbocycles. The summed E-state index contributed by atoms with van der Waals surface area (Å²) in [6.07, 6.45) is 2.84. The molecule has 1 N–H and O–H groups in total. The molecule has 1 aliphatic rings. The van der Waals surface area contributed by atoms with E-state index in [0.717, 1.165) is 19.3 Å². The van der Waals surface area contributed by atoms with Gasteiger partial charge in [-0.3, -0.25) is 4.72 Å². The molecule has 1 heterocycles. The molecular weight excluding hydrogens is 342 g/mol. The molecule has 20 heavy (non-hydrogen) atoms. The second-order valence-electron chi connectivity index (χ2n) is 4.87. The van der Waals surface area contributed by atoms with Crippen molar-refractivity contribution in [2.45, 2.75) is 32.2 Å². The number of piperidine rings is 1. The van der Waals surface area contributed by atoms with Gasteiger partial charge < -0.3 is 0 Å². The van der Waals surface area contributed by atoms with E-state index in [-0.39, 0.29) is 6.04 Å². The Morgan fingerprint density at radius 3 is 2.80 bits per heavy atom. The van der Waals surface area contributed by atoms with Crippen LogP contribution in [0.25, 0.3) is 0 Å². The molecule has 2 rings (SSSR count). The van der Waals surface area contributed by atoms with Crippen molar-refractivity contribution < 1.29 is 8.42 Å². The second-order valence-corrected chi connectivity index (χ2v) is 7.35. The van der Waals surface area contributed by atoms with E-state index in [1.54, 1.807) is 18.2 Å². The Morgan fingerprint density at radius 2 is 2.20 bits per heavy atom.